The summed E-state index contributed by atoms with van der Waals surface area (Å²) in [5.41, 5.74) is 0. The molecular formula is C17H30. The fraction of sp³-hybridized carbons (Fsp3) is 0.647. The first kappa shape index (κ1) is 16.2. The van der Waals surface area contributed by atoms with Crippen LogP contribution < -0.4 is 0 Å². The summed E-state index contributed by atoms with van der Waals surface area (Å²) in [6, 6.07) is 0. The quantitative estimate of drug-likeness (QED) is 0.227. The standard InChI is InChI=1S/C17H30/c1-3-5-7-9-11-13-15-17-16-14-12-10-8-6-4-2/h9,11,13-16H,3-8,10,12,17H2,1-2H3. The predicted octanol–water partition coefficient (Wildman–Crippen LogP) is 6.21. The van der Waals surface area contributed by atoms with E-state index in [2.05, 4.69) is 50.3 Å². The van der Waals surface area contributed by atoms with Crippen LogP contribution in [0.5, 0.6) is 0 Å². The highest BCUT2D eigenvalue weighted by molar-refractivity contribution is 5.04. The van der Waals surface area contributed by atoms with Crippen molar-refractivity contribution in [3.05, 3.63) is 36.5 Å². The predicted molar refractivity (Wildman–Crippen MR) is 80.3 cm³/mol. The molecule has 0 rings (SSSR count). The molecule has 0 fully saturated rings. The zero-order valence-electron chi connectivity index (χ0n) is 11.8. The van der Waals surface area contributed by atoms with E-state index in [1.807, 2.05) is 0 Å². The van der Waals surface area contributed by atoms with Crippen molar-refractivity contribution in [3.8, 4) is 0 Å². The minimum Gasteiger partial charge on any atom is -0.0882 e. The van der Waals surface area contributed by atoms with Crippen LogP contribution in [0.4, 0.5) is 0 Å². The largest absolute Gasteiger partial charge is 0.0882 e. The molecule has 0 aromatic heterocycles. The summed E-state index contributed by atoms with van der Waals surface area (Å²) in [5.74, 6) is 0. The Kier molecular flexibility index (Phi) is 14.5. The second kappa shape index (κ2) is 15.2. The van der Waals surface area contributed by atoms with Crippen molar-refractivity contribution in [2.45, 2.75) is 71.6 Å². The second-order valence-electron chi connectivity index (χ2n) is 4.55. The summed E-state index contributed by atoms with van der Waals surface area (Å²) in [7, 11) is 0. The highest BCUT2D eigenvalue weighted by Gasteiger charge is 1.83. The average Bonchev–Trinajstić information content (AvgIpc) is 2.35. The van der Waals surface area contributed by atoms with Crippen molar-refractivity contribution in [2.75, 3.05) is 0 Å². The van der Waals surface area contributed by atoms with Crippen LogP contribution in [0, 0.1) is 0 Å². The Morgan fingerprint density at radius 3 is 2.06 bits per heavy atom. The van der Waals surface area contributed by atoms with Crippen LogP contribution in [-0.4, -0.2) is 0 Å². The van der Waals surface area contributed by atoms with Crippen molar-refractivity contribution in [2.24, 2.45) is 0 Å². The van der Waals surface area contributed by atoms with Crippen molar-refractivity contribution < 1.29 is 0 Å². The van der Waals surface area contributed by atoms with E-state index in [0.29, 0.717) is 0 Å². The van der Waals surface area contributed by atoms with Crippen LogP contribution in [0.1, 0.15) is 71.6 Å². The van der Waals surface area contributed by atoms with Crippen molar-refractivity contribution in [1.29, 1.82) is 0 Å². The molecule has 0 radical (unpaired) electrons. The molecule has 98 valence electrons. The summed E-state index contributed by atoms with van der Waals surface area (Å²) in [6.07, 6.45) is 25.0. The maximum atomic E-state index is 2.32. The Labute approximate surface area is 109 Å². The van der Waals surface area contributed by atoms with E-state index < -0.39 is 0 Å². The summed E-state index contributed by atoms with van der Waals surface area (Å²) < 4.78 is 0. The summed E-state index contributed by atoms with van der Waals surface area (Å²) in [6.45, 7) is 4.49. The highest BCUT2D eigenvalue weighted by atomic mass is 13.9. The Bertz CT molecular complexity index is 208. The molecule has 0 atom stereocenters. The van der Waals surface area contributed by atoms with Crippen molar-refractivity contribution in [3.63, 3.8) is 0 Å². The lowest BCUT2D eigenvalue weighted by atomic mass is 10.1. The maximum Gasteiger partial charge on any atom is -0.0166 e. The zero-order chi connectivity index (χ0) is 12.6. The lowest BCUT2D eigenvalue weighted by molar-refractivity contribution is 0.674. The summed E-state index contributed by atoms with van der Waals surface area (Å²) in [4.78, 5) is 0. The molecule has 0 aliphatic rings. The second-order valence-corrected chi connectivity index (χ2v) is 4.55. The first-order valence-electron chi connectivity index (χ1n) is 7.38. The molecule has 0 unspecified atom stereocenters. The third kappa shape index (κ3) is 15.2. The van der Waals surface area contributed by atoms with Crippen LogP contribution in [0.25, 0.3) is 0 Å². The van der Waals surface area contributed by atoms with Gasteiger partial charge in [-0.15, -0.1) is 0 Å². The van der Waals surface area contributed by atoms with Gasteiger partial charge in [-0.05, 0) is 25.7 Å². The number of allylic oxidation sites excluding steroid dienone is 6. The molecular weight excluding hydrogens is 204 g/mol. The van der Waals surface area contributed by atoms with Crippen LogP contribution in [0.2, 0.25) is 0 Å². The van der Waals surface area contributed by atoms with Gasteiger partial charge in [-0.25, -0.2) is 0 Å². The van der Waals surface area contributed by atoms with E-state index in [1.165, 1.54) is 51.4 Å². The molecule has 0 heteroatoms. The van der Waals surface area contributed by atoms with Crippen molar-refractivity contribution >= 4 is 0 Å². The summed E-state index contributed by atoms with van der Waals surface area (Å²) >= 11 is 0. The molecule has 0 saturated heterocycles. The molecule has 0 amide bonds. The van der Waals surface area contributed by atoms with Gasteiger partial charge in [-0.3, -0.25) is 0 Å². The van der Waals surface area contributed by atoms with Gasteiger partial charge in [0, 0.05) is 0 Å². The Balaban J connectivity index is 3.27. The molecule has 0 heterocycles. The van der Waals surface area contributed by atoms with Gasteiger partial charge in [-0.1, -0.05) is 82.4 Å². The van der Waals surface area contributed by atoms with Gasteiger partial charge in [0.15, 0.2) is 0 Å². The fourth-order valence-electron chi connectivity index (χ4n) is 1.64. The van der Waals surface area contributed by atoms with Gasteiger partial charge in [0.05, 0.1) is 0 Å². The number of rotatable bonds is 11. The number of hydrogen-bond acceptors (Lipinski definition) is 0. The van der Waals surface area contributed by atoms with Gasteiger partial charge < -0.3 is 0 Å². The van der Waals surface area contributed by atoms with Gasteiger partial charge in [0.2, 0.25) is 0 Å². The van der Waals surface area contributed by atoms with E-state index in [1.54, 1.807) is 0 Å². The lowest BCUT2D eigenvalue weighted by Crippen LogP contribution is -1.73. The SMILES string of the molecule is CCCCC=CC=CCC=CCCCCCC. The zero-order valence-corrected chi connectivity index (χ0v) is 11.8. The molecule has 0 aromatic rings. The van der Waals surface area contributed by atoms with E-state index in [0.717, 1.165) is 6.42 Å². The van der Waals surface area contributed by atoms with E-state index in [4.69, 9.17) is 0 Å². The molecule has 0 bridgehead atoms. The third-order valence-corrected chi connectivity index (χ3v) is 2.77. The van der Waals surface area contributed by atoms with Crippen LogP contribution >= 0.6 is 0 Å². The van der Waals surface area contributed by atoms with Gasteiger partial charge in [-0.2, -0.15) is 0 Å². The minimum atomic E-state index is 1.08. The Morgan fingerprint density at radius 2 is 1.29 bits per heavy atom. The van der Waals surface area contributed by atoms with E-state index in [9.17, 15) is 0 Å². The van der Waals surface area contributed by atoms with Crippen LogP contribution in [-0.2, 0) is 0 Å². The fourth-order valence-corrected chi connectivity index (χ4v) is 1.64. The maximum absolute atomic E-state index is 2.32. The van der Waals surface area contributed by atoms with Gasteiger partial charge in [0.25, 0.3) is 0 Å². The number of hydrogen-bond donors (Lipinski definition) is 0. The molecule has 0 saturated carbocycles. The summed E-state index contributed by atoms with van der Waals surface area (Å²) in [5, 5.41) is 0. The lowest BCUT2D eigenvalue weighted by Gasteiger charge is -1.93. The highest BCUT2D eigenvalue weighted by Crippen LogP contribution is 2.03. The van der Waals surface area contributed by atoms with E-state index in [-0.39, 0.29) is 0 Å². The van der Waals surface area contributed by atoms with E-state index >= 15 is 0 Å². The molecule has 0 spiro atoms. The Morgan fingerprint density at radius 1 is 0.588 bits per heavy atom. The normalized spacial score (nSPS) is 12.4. The van der Waals surface area contributed by atoms with Gasteiger partial charge in [0.1, 0.15) is 0 Å². The minimum absolute atomic E-state index is 1.08. The first-order chi connectivity index (χ1) is 8.41. The smallest absolute Gasteiger partial charge is 0.0166 e. The molecule has 0 aliphatic heterocycles. The molecule has 0 aromatic carbocycles. The molecule has 0 aliphatic carbocycles. The molecule has 17 heavy (non-hydrogen) atoms. The third-order valence-electron chi connectivity index (χ3n) is 2.77. The number of unbranched alkanes of at least 4 members (excludes halogenated alkanes) is 6. The first-order valence-corrected chi connectivity index (χ1v) is 7.38. The van der Waals surface area contributed by atoms with Gasteiger partial charge >= 0.3 is 0 Å². The molecule has 0 N–H and O–H groups in total. The average molecular weight is 234 g/mol. The monoisotopic (exact) mass is 234 g/mol. The Hall–Kier alpha value is -0.780. The van der Waals surface area contributed by atoms with Crippen molar-refractivity contribution in [1.82, 2.24) is 0 Å². The van der Waals surface area contributed by atoms with Crippen LogP contribution in [0.3, 0.4) is 0 Å². The van der Waals surface area contributed by atoms with Crippen LogP contribution in [0.15, 0.2) is 36.5 Å². The molecule has 0 nitrogen and oxygen atoms in total. The topological polar surface area (TPSA) is 0 Å².